The molecule has 6 heteroatoms. The summed E-state index contributed by atoms with van der Waals surface area (Å²) >= 11 is 0. The number of hydrogen-bond acceptors (Lipinski definition) is 5. The van der Waals surface area contributed by atoms with Gasteiger partial charge >= 0.3 is 0 Å². The van der Waals surface area contributed by atoms with Crippen molar-refractivity contribution >= 4 is 0 Å². The lowest BCUT2D eigenvalue weighted by Gasteiger charge is -2.26. The highest BCUT2D eigenvalue weighted by molar-refractivity contribution is 5.59. The lowest BCUT2D eigenvalue weighted by Crippen LogP contribution is -2.29. The van der Waals surface area contributed by atoms with Crippen molar-refractivity contribution in [3.63, 3.8) is 0 Å². The van der Waals surface area contributed by atoms with Crippen LogP contribution >= 0.6 is 0 Å². The van der Waals surface area contributed by atoms with Crippen molar-refractivity contribution in [1.82, 2.24) is 24.8 Å². The molecule has 0 spiro atoms. The Balaban J connectivity index is 1.57. The van der Waals surface area contributed by atoms with Crippen LogP contribution in [0.25, 0.3) is 17.1 Å². The number of nitrogens with zero attached hydrogens (tertiary/aromatic N) is 5. The normalized spacial score (nSPS) is 16.6. The van der Waals surface area contributed by atoms with Crippen LogP contribution in [0.4, 0.5) is 0 Å². The lowest BCUT2D eigenvalue weighted by atomic mass is 9.97. The lowest BCUT2D eigenvalue weighted by molar-refractivity contribution is 0.227. The van der Waals surface area contributed by atoms with Crippen LogP contribution in [0.5, 0.6) is 0 Å². The maximum atomic E-state index is 5.54. The molecule has 124 valence electrons. The van der Waals surface area contributed by atoms with Crippen LogP contribution in [0.1, 0.15) is 30.2 Å². The first-order chi connectivity index (χ1) is 11.7. The standard InChI is InChI=1S/C18H21N5O/c1-13-12-15(4-5-16(13)23-9-3-8-19-23)17-20-18(24-21-17)14-6-10-22(2)11-7-14/h3-5,8-9,12,14H,6-7,10-11H2,1-2H3. The third-order valence-electron chi connectivity index (χ3n) is 4.72. The summed E-state index contributed by atoms with van der Waals surface area (Å²) in [6.45, 7) is 4.23. The molecule has 6 nitrogen and oxygen atoms in total. The van der Waals surface area contributed by atoms with Gasteiger partial charge in [-0.2, -0.15) is 10.1 Å². The first kappa shape index (κ1) is 15.1. The van der Waals surface area contributed by atoms with E-state index in [0.717, 1.165) is 48.6 Å². The number of benzene rings is 1. The Morgan fingerprint density at radius 1 is 1.21 bits per heavy atom. The molecule has 24 heavy (non-hydrogen) atoms. The zero-order chi connectivity index (χ0) is 16.5. The Kier molecular flexibility index (Phi) is 3.90. The number of rotatable bonds is 3. The number of hydrogen-bond donors (Lipinski definition) is 0. The molecule has 0 amide bonds. The SMILES string of the molecule is Cc1cc(-c2noc(C3CCN(C)CC3)n2)ccc1-n1cccn1. The zero-order valence-corrected chi connectivity index (χ0v) is 14.0. The first-order valence-electron chi connectivity index (χ1n) is 8.34. The van der Waals surface area contributed by atoms with E-state index >= 15 is 0 Å². The van der Waals surface area contributed by atoms with Crippen LogP contribution in [-0.4, -0.2) is 45.0 Å². The first-order valence-corrected chi connectivity index (χ1v) is 8.34. The highest BCUT2D eigenvalue weighted by Gasteiger charge is 2.24. The minimum absolute atomic E-state index is 0.381. The monoisotopic (exact) mass is 323 g/mol. The van der Waals surface area contributed by atoms with E-state index < -0.39 is 0 Å². The summed E-state index contributed by atoms with van der Waals surface area (Å²) in [4.78, 5) is 6.98. The highest BCUT2D eigenvalue weighted by Crippen LogP contribution is 2.28. The van der Waals surface area contributed by atoms with Gasteiger partial charge in [-0.1, -0.05) is 5.16 Å². The Bertz CT molecular complexity index is 816. The molecule has 0 unspecified atom stereocenters. The van der Waals surface area contributed by atoms with E-state index in [0.29, 0.717) is 11.7 Å². The summed E-state index contributed by atoms with van der Waals surface area (Å²) in [5.41, 5.74) is 3.16. The van der Waals surface area contributed by atoms with Crippen molar-refractivity contribution < 1.29 is 4.52 Å². The van der Waals surface area contributed by atoms with Gasteiger partial charge in [0.05, 0.1) is 5.69 Å². The summed E-state index contributed by atoms with van der Waals surface area (Å²) in [5.74, 6) is 1.82. The second-order valence-corrected chi connectivity index (χ2v) is 6.49. The minimum Gasteiger partial charge on any atom is -0.339 e. The van der Waals surface area contributed by atoms with Crippen LogP contribution < -0.4 is 0 Å². The largest absolute Gasteiger partial charge is 0.339 e. The van der Waals surface area contributed by atoms with Crippen LogP contribution in [0, 0.1) is 6.92 Å². The van der Waals surface area contributed by atoms with E-state index in [1.165, 1.54) is 0 Å². The summed E-state index contributed by atoms with van der Waals surface area (Å²) in [6, 6.07) is 8.07. The van der Waals surface area contributed by atoms with Crippen molar-refractivity contribution in [3.05, 3.63) is 48.1 Å². The Morgan fingerprint density at radius 2 is 2.04 bits per heavy atom. The van der Waals surface area contributed by atoms with Crippen molar-refractivity contribution in [2.24, 2.45) is 0 Å². The average Bonchev–Trinajstić information content (AvgIpc) is 3.27. The van der Waals surface area contributed by atoms with E-state index in [2.05, 4.69) is 40.2 Å². The molecule has 0 bridgehead atoms. The van der Waals surface area contributed by atoms with Gasteiger partial charge in [-0.05, 0) is 69.7 Å². The summed E-state index contributed by atoms with van der Waals surface area (Å²) < 4.78 is 7.40. The van der Waals surface area contributed by atoms with Crippen molar-refractivity contribution in [1.29, 1.82) is 0 Å². The molecule has 2 aromatic heterocycles. The van der Waals surface area contributed by atoms with Gasteiger partial charge in [0.15, 0.2) is 0 Å². The molecule has 0 radical (unpaired) electrons. The van der Waals surface area contributed by atoms with E-state index in [1.807, 2.05) is 29.1 Å². The Hall–Kier alpha value is -2.47. The second-order valence-electron chi connectivity index (χ2n) is 6.49. The van der Waals surface area contributed by atoms with Gasteiger partial charge in [0.25, 0.3) is 0 Å². The van der Waals surface area contributed by atoms with E-state index in [9.17, 15) is 0 Å². The molecular formula is C18H21N5O. The molecule has 0 aliphatic carbocycles. The molecule has 1 aromatic carbocycles. The van der Waals surface area contributed by atoms with Gasteiger partial charge in [-0.15, -0.1) is 0 Å². The van der Waals surface area contributed by atoms with E-state index in [4.69, 9.17) is 4.52 Å². The van der Waals surface area contributed by atoms with Gasteiger partial charge in [0.1, 0.15) is 0 Å². The number of likely N-dealkylation sites (tertiary alicyclic amines) is 1. The predicted molar refractivity (Wildman–Crippen MR) is 91.1 cm³/mol. The minimum atomic E-state index is 0.381. The molecular weight excluding hydrogens is 302 g/mol. The van der Waals surface area contributed by atoms with Crippen LogP contribution in [0.15, 0.2) is 41.2 Å². The molecule has 0 N–H and O–H groups in total. The van der Waals surface area contributed by atoms with Gasteiger partial charge in [-0.3, -0.25) is 0 Å². The van der Waals surface area contributed by atoms with Gasteiger partial charge in [0.2, 0.25) is 11.7 Å². The highest BCUT2D eigenvalue weighted by atomic mass is 16.5. The van der Waals surface area contributed by atoms with Gasteiger partial charge < -0.3 is 9.42 Å². The van der Waals surface area contributed by atoms with Crippen LogP contribution in [0.3, 0.4) is 0 Å². The molecule has 1 aliphatic rings. The smallest absolute Gasteiger partial charge is 0.230 e. The van der Waals surface area contributed by atoms with Crippen LogP contribution in [0.2, 0.25) is 0 Å². The number of aromatic nitrogens is 4. The molecule has 0 atom stereocenters. The molecule has 0 saturated carbocycles. The molecule has 3 heterocycles. The maximum Gasteiger partial charge on any atom is 0.230 e. The summed E-state index contributed by atoms with van der Waals surface area (Å²) in [5, 5.41) is 8.48. The fraction of sp³-hybridized carbons (Fsp3) is 0.389. The topological polar surface area (TPSA) is 60.0 Å². The van der Waals surface area contributed by atoms with Crippen LogP contribution in [-0.2, 0) is 0 Å². The second kappa shape index (κ2) is 6.20. The fourth-order valence-corrected chi connectivity index (χ4v) is 3.24. The Labute approximate surface area is 141 Å². The van der Waals surface area contributed by atoms with Crippen molar-refractivity contribution in [2.75, 3.05) is 20.1 Å². The van der Waals surface area contributed by atoms with Crippen molar-refractivity contribution in [3.8, 4) is 17.1 Å². The summed E-state index contributed by atoms with van der Waals surface area (Å²) in [7, 11) is 2.15. The third kappa shape index (κ3) is 2.85. The molecule has 1 aliphatic heterocycles. The summed E-state index contributed by atoms with van der Waals surface area (Å²) in [6.07, 6.45) is 5.87. The zero-order valence-electron chi connectivity index (χ0n) is 14.0. The van der Waals surface area contributed by atoms with Crippen molar-refractivity contribution in [2.45, 2.75) is 25.7 Å². The van der Waals surface area contributed by atoms with E-state index in [-0.39, 0.29) is 0 Å². The molecule has 1 fully saturated rings. The van der Waals surface area contributed by atoms with Gasteiger partial charge in [-0.25, -0.2) is 4.68 Å². The number of aryl methyl sites for hydroxylation is 1. The Morgan fingerprint density at radius 3 is 2.75 bits per heavy atom. The quantitative estimate of drug-likeness (QED) is 0.741. The molecule has 3 aromatic rings. The average molecular weight is 323 g/mol. The van der Waals surface area contributed by atoms with E-state index in [1.54, 1.807) is 6.20 Å². The van der Waals surface area contributed by atoms with Gasteiger partial charge in [0, 0.05) is 23.9 Å². The predicted octanol–water partition coefficient (Wildman–Crippen LogP) is 3.04. The number of piperidine rings is 1. The molecule has 1 saturated heterocycles. The fourth-order valence-electron chi connectivity index (χ4n) is 3.24. The maximum absolute atomic E-state index is 5.54. The third-order valence-corrected chi connectivity index (χ3v) is 4.72. The molecule has 4 rings (SSSR count).